The Bertz CT molecular complexity index is 726. The lowest BCUT2D eigenvalue weighted by molar-refractivity contribution is -0.149. The number of benzene rings is 2. The van der Waals surface area contributed by atoms with Crippen LogP contribution in [0.1, 0.15) is 17.3 Å². The third-order valence-electron chi connectivity index (χ3n) is 3.44. The largest absolute Gasteiger partial charge is 0.497 e. The number of hydrogen-bond acceptors (Lipinski definition) is 6. The molecule has 25 heavy (non-hydrogen) atoms. The van der Waals surface area contributed by atoms with Crippen LogP contribution in [0.4, 0.5) is 0 Å². The maximum atomic E-state index is 12.3. The Kier molecular flexibility index (Phi) is 6.39. The zero-order valence-corrected chi connectivity index (χ0v) is 14.4. The summed E-state index contributed by atoms with van der Waals surface area (Å²) in [5.74, 6) is 0.476. The summed E-state index contributed by atoms with van der Waals surface area (Å²) in [6.07, 6.45) is -0.826. The first-order valence-electron chi connectivity index (χ1n) is 7.68. The van der Waals surface area contributed by atoms with Crippen LogP contribution in [0, 0.1) is 0 Å². The van der Waals surface area contributed by atoms with Crippen molar-refractivity contribution in [1.29, 1.82) is 0 Å². The predicted octanol–water partition coefficient (Wildman–Crippen LogP) is 2.90. The Labute approximate surface area is 146 Å². The summed E-state index contributed by atoms with van der Waals surface area (Å²) < 4.78 is 20.8. The normalized spacial score (nSPS) is 11.3. The summed E-state index contributed by atoms with van der Waals surface area (Å²) in [5, 5.41) is 0. The van der Waals surface area contributed by atoms with E-state index in [1.165, 1.54) is 14.2 Å². The molecule has 0 N–H and O–H groups in total. The zero-order chi connectivity index (χ0) is 18.2. The molecular formula is C19H20O6. The van der Waals surface area contributed by atoms with Gasteiger partial charge in [0, 0.05) is 6.07 Å². The highest BCUT2D eigenvalue weighted by atomic mass is 16.6. The van der Waals surface area contributed by atoms with Crippen molar-refractivity contribution in [2.24, 2.45) is 0 Å². The molecule has 0 fully saturated rings. The minimum atomic E-state index is -0.826. The molecule has 2 aromatic carbocycles. The Morgan fingerprint density at radius 3 is 2.32 bits per heavy atom. The number of carbonyl (C=O) groups excluding carboxylic acids is 2. The molecule has 6 heteroatoms. The van der Waals surface area contributed by atoms with Crippen molar-refractivity contribution >= 4 is 11.8 Å². The van der Waals surface area contributed by atoms with Gasteiger partial charge in [-0.25, -0.2) is 4.79 Å². The quantitative estimate of drug-likeness (QED) is 0.542. The number of ether oxygens (including phenoxy) is 4. The number of carbonyl (C=O) groups is 2. The lowest BCUT2D eigenvalue weighted by atomic mass is 10.1. The van der Waals surface area contributed by atoms with Crippen LogP contribution < -0.4 is 14.2 Å². The van der Waals surface area contributed by atoms with Gasteiger partial charge >= 0.3 is 5.97 Å². The number of rotatable bonds is 8. The van der Waals surface area contributed by atoms with Gasteiger partial charge in [-0.15, -0.1) is 0 Å². The molecule has 1 atom stereocenters. The molecule has 0 aliphatic rings. The number of methoxy groups -OCH3 is 2. The van der Waals surface area contributed by atoms with Gasteiger partial charge in [-0.1, -0.05) is 18.2 Å². The van der Waals surface area contributed by atoms with Gasteiger partial charge in [0.1, 0.15) is 17.2 Å². The second-order valence-corrected chi connectivity index (χ2v) is 5.17. The van der Waals surface area contributed by atoms with Gasteiger partial charge in [0.05, 0.1) is 19.8 Å². The van der Waals surface area contributed by atoms with Crippen molar-refractivity contribution in [1.82, 2.24) is 0 Å². The van der Waals surface area contributed by atoms with E-state index in [2.05, 4.69) is 0 Å². The fourth-order valence-electron chi connectivity index (χ4n) is 2.11. The summed E-state index contributed by atoms with van der Waals surface area (Å²) in [6, 6.07) is 13.7. The van der Waals surface area contributed by atoms with Crippen molar-refractivity contribution in [2.45, 2.75) is 13.0 Å². The van der Waals surface area contributed by atoms with Gasteiger partial charge < -0.3 is 18.9 Å². The summed E-state index contributed by atoms with van der Waals surface area (Å²) >= 11 is 0. The molecule has 0 unspecified atom stereocenters. The van der Waals surface area contributed by atoms with Crippen molar-refractivity contribution in [3.8, 4) is 17.2 Å². The van der Waals surface area contributed by atoms with E-state index in [1.807, 2.05) is 6.07 Å². The van der Waals surface area contributed by atoms with Gasteiger partial charge in [0.25, 0.3) is 0 Å². The molecule has 0 heterocycles. The Morgan fingerprint density at radius 2 is 1.68 bits per heavy atom. The highest BCUT2D eigenvalue weighted by molar-refractivity contribution is 6.00. The van der Waals surface area contributed by atoms with Crippen LogP contribution in [0.2, 0.25) is 0 Å². The molecule has 0 aliphatic heterocycles. The summed E-state index contributed by atoms with van der Waals surface area (Å²) in [6.45, 7) is 1.16. The van der Waals surface area contributed by atoms with Crippen LogP contribution >= 0.6 is 0 Å². The molecule has 0 bridgehead atoms. The Morgan fingerprint density at radius 1 is 0.960 bits per heavy atom. The molecule has 0 spiro atoms. The summed E-state index contributed by atoms with van der Waals surface area (Å²) in [7, 11) is 2.97. The second kappa shape index (κ2) is 8.73. The topological polar surface area (TPSA) is 71.1 Å². The number of Topliss-reactive ketones (excluding diaryl/α,β-unsaturated/α-hetero) is 1. The number of esters is 1. The fraction of sp³-hybridized carbons (Fsp3) is 0.263. The van der Waals surface area contributed by atoms with Crippen LogP contribution in [0.15, 0.2) is 48.5 Å². The Balaban J connectivity index is 1.94. The molecule has 2 rings (SSSR count). The smallest absolute Gasteiger partial charge is 0.347 e. The zero-order valence-electron chi connectivity index (χ0n) is 14.4. The molecule has 0 saturated heterocycles. The first kappa shape index (κ1) is 18.3. The first-order chi connectivity index (χ1) is 12.0. The lowest BCUT2D eigenvalue weighted by Crippen LogP contribution is -2.28. The van der Waals surface area contributed by atoms with Crippen molar-refractivity contribution < 1.29 is 28.5 Å². The average molecular weight is 344 g/mol. The molecular weight excluding hydrogens is 324 g/mol. The van der Waals surface area contributed by atoms with E-state index in [0.717, 1.165) is 0 Å². The number of ketones is 1. The second-order valence-electron chi connectivity index (χ2n) is 5.17. The third-order valence-corrected chi connectivity index (χ3v) is 3.44. The van der Waals surface area contributed by atoms with Gasteiger partial charge in [-0.2, -0.15) is 0 Å². The van der Waals surface area contributed by atoms with E-state index in [9.17, 15) is 9.59 Å². The van der Waals surface area contributed by atoms with Crippen molar-refractivity contribution in [3.63, 3.8) is 0 Å². The molecule has 132 valence electrons. The molecule has 0 saturated carbocycles. The predicted molar refractivity (Wildman–Crippen MR) is 91.4 cm³/mol. The van der Waals surface area contributed by atoms with E-state index in [0.29, 0.717) is 22.8 Å². The van der Waals surface area contributed by atoms with Crippen LogP contribution in [0.25, 0.3) is 0 Å². The third kappa shape index (κ3) is 4.97. The van der Waals surface area contributed by atoms with Gasteiger partial charge in [-0.3, -0.25) is 4.79 Å². The standard InChI is InChI=1S/C19H20O6/c1-13(25-14-7-5-4-6-8-14)19(21)24-12-17(20)16-10-9-15(22-2)11-18(16)23-3/h4-11,13H,12H2,1-3H3/t13-/m0/s1. The number of para-hydroxylation sites is 1. The highest BCUT2D eigenvalue weighted by Gasteiger charge is 2.20. The molecule has 2 aromatic rings. The maximum absolute atomic E-state index is 12.3. The van der Waals surface area contributed by atoms with Crippen LogP contribution in [-0.4, -0.2) is 38.7 Å². The first-order valence-corrected chi connectivity index (χ1v) is 7.68. The van der Waals surface area contributed by atoms with E-state index < -0.39 is 18.7 Å². The van der Waals surface area contributed by atoms with Crippen LogP contribution in [0.5, 0.6) is 17.2 Å². The SMILES string of the molecule is COc1ccc(C(=O)COC(=O)[C@H](C)Oc2ccccc2)c(OC)c1. The van der Waals surface area contributed by atoms with E-state index in [4.69, 9.17) is 18.9 Å². The van der Waals surface area contributed by atoms with Crippen LogP contribution in [-0.2, 0) is 9.53 Å². The van der Waals surface area contributed by atoms with Crippen molar-refractivity contribution in [3.05, 3.63) is 54.1 Å². The minimum Gasteiger partial charge on any atom is -0.497 e. The lowest BCUT2D eigenvalue weighted by Gasteiger charge is -2.14. The molecule has 0 amide bonds. The van der Waals surface area contributed by atoms with Crippen molar-refractivity contribution in [2.75, 3.05) is 20.8 Å². The number of hydrogen-bond donors (Lipinski definition) is 0. The molecule has 0 aromatic heterocycles. The average Bonchev–Trinajstić information content (AvgIpc) is 2.65. The van der Waals surface area contributed by atoms with E-state index >= 15 is 0 Å². The molecule has 0 aliphatic carbocycles. The molecule has 0 radical (unpaired) electrons. The van der Waals surface area contributed by atoms with E-state index in [1.54, 1.807) is 49.4 Å². The monoisotopic (exact) mass is 344 g/mol. The van der Waals surface area contributed by atoms with Gasteiger partial charge in [-0.05, 0) is 31.2 Å². The van der Waals surface area contributed by atoms with Crippen LogP contribution in [0.3, 0.4) is 0 Å². The maximum Gasteiger partial charge on any atom is 0.347 e. The summed E-state index contributed by atoms with van der Waals surface area (Å²) in [5.41, 5.74) is 0.313. The van der Waals surface area contributed by atoms with Gasteiger partial charge in [0.2, 0.25) is 5.78 Å². The molecule has 6 nitrogen and oxygen atoms in total. The fourth-order valence-corrected chi connectivity index (χ4v) is 2.11. The Hall–Kier alpha value is -3.02. The minimum absolute atomic E-state index is 0.313. The van der Waals surface area contributed by atoms with Gasteiger partial charge in [0.15, 0.2) is 12.7 Å². The summed E-state index contributed by atoms with van der Waals surface area (Å²) in [4.78, 5) is 24.3. The van der Waals surface area contributed by atoms with E-state index in [-0.39, 0.29) is 5.78 Å². The highest BCUT2D eigenvalue weighted by Crippen LogP contribution is 2.25.